The Labute approximate surface area is 171 Å². The van der Waals surface area contributed by atoms with Gasteiger partial charge in [-0.3, -0.25) is 14.6 Å². The normalized spacial score (nSPS) is 11.1. The number of aromatic amines is 1. The van der Waals surface area contributed by atoms with Gasteiger partial charge in [-0.15, -0.1) is 10.2 Å². The van der Waals surface area contributed by atoms with E-state index in [0.29, 0.717) is 16.3 Å². The molecule has 0 bridgehead atoms. The minimum absolute atomic E-state index is 0.00182. The fourth-order valence-electron chi connectivity index (χ4n) is 2.86. The molecule has 7 nitrogen and oxygen atoms in total. The van der Waals surface area contributed by atoms with E-state index in [1.54, 1.807) is 0 Å². The summed E-state index contributed by atoms with van der Waals surface area (Å²) < 4.78 is 1.47. The maximum atomic E-state index is 12.6. The van der Waals surface area contributed by atoms with Gasteiger partial charge in [-0.25, -0.2) is 0 Å². The molecule has 0 unspecified atom stereocenters. The topological polar surface area (TPSA) is 93.0 Å². The van der Waals surface area contributed by atoms with Crippen molar-refractivity contribution in [2.75, 3.05) is 5.75 Å². The number of nitrogens with one attached hydrogen (secondary N) is 1. The van der Waals surface area contributed by atoms with Crippen LogP contribution in [0.3, 0.4) is 0 Å². The quantitative estimate of drug-likeness (QED) is 0.404. The van der Waals surface area contributed by atoms with Crippen molar-refractivity contribution in [2.24, 2.45) is 0 Å². The van der Waals surface area contributed by atoms with Gasteiger partial charge in [-0.05, 0) is 38.0 Å². The summed E-state index contributed by atoms with van der Waals surface area (Å²) in [4.78, 5) is 27.6. The van der Waals surface area contributed by atoms with Crippen LogP contribution in [0.2, 0.25) is 0 Å². The zero-order valence-electron chi connectivity index (χ0n) is 16.3. The molecular weight excluding hydrogens is 386 g/mol. The second-order valence-electron chi connectivity index (χ2n) is 6.90. The van der Waals surface area contributed by atoms with Gasteiger partial charge in [0.25, 0.3) is 11.3 Å². The maximum absolute atomic E-state index is 12.6. The van der Waals surface area contributed by atoms with Crippen molar-refractivity contribution in [3.05, 3.63) is 75.1 Å². The molecule has 0 spiro atoms. The van der Waals surface area contributed by atoms with Gasteiger partial charge in [0.05, 0.1) is 5.75 Å². The van der Waals surface area contributed by atoms with E-state index in [4.69, 9.17) is 0 Å². The molecule has 0 aliphatic heterocycles. The van der Waals surface area contributed by atoms with Gasteiger partial charge < -0.3 is 0 Å². The maximum Gasteiger partial charge on any atom is 0.279 e. The first-order chi connectivity index (χ1) is 13.9. The van der Waals surface area contributed by atoms with E-state index in [9.17, 15) is 9.59 Å². The molecule has 0 radical (unpaired) electrons. The number of hydrogen-bond acceptors (Lipinski definition) is 6. The Kier molecular flexibility index (Phi) is 5.02. The molecule has 2 heterocycles. The molecule has 0 atom stereocenters. The Morgan fingerprint density at radius 2 is 1.79 bits per heavy atom. The Morgan fingerprint density at radius 1 is 1.03 bits per heavy atom. The Balaban J connectivity index is 1.61. The van der Waals surface area contributed by atoms with Gasteiger partial charge in [-0.1, -0.05) is 53.7 Å². The van der Waals surface area contributed by atoms with E-state index in [-0.39, 0.29) is 28.6 Å². The predicted octanol–water partition coefficient (Wildman–Crippen LogP) is 3.38. The number of aromatic nitrogens is 5. The van der Waals surface area contributed by atoms with Crippen molar-refractivity contribution in [1.82, 2.24) is 24.8 Å². The van der Waals surface area contributed by atoms with Crippen molar-refractivity contribution in [3.8, 4) is 11.3 Å². The van der Waals surface area contributed by atoms with Gasteiger partial charge in [0.2, 0.25) is 5.16 Å². The molecule has 146 valence electrons. The Morgan fingerprint density at radius 3 is 2.52 bits per heavy atom. The Bertz CT molecular complexity index is 1270. The summed E-state index contributed by atoms with van der Waals surface area (Å²) in [5.41, 5.74) is 4.63. The zero-order chi connectivity index (χ0) is 20.5. The van der Waals surface area contributed by atoms with E-state index in [2.05, 4.69) is 20.3 Å². The number of carbonyl (C=O) groups excluding carboxylic acids is 1. The molecule has 2 aromatic carbocycles. The lowest BCUT2D eigenvalue weighted by molar-refractivity contribution is 0.102. The number of Topliss-reactive ketones (excluding diaryl/α,β-unsaturated/α-hetero) is 1. The molecule has 8 heteroatoms. The number of fused-ring (bicyclic) bond motifs is 1. The van der Waals surface area contributed by atoms with Crippen LogP contribution in [0.5, 0.6) is 0 Å². The monoisotopic (exact) mass is 405 g/mol. The van der Waals surface area contributed by atoms with Crippen LogP contribution < -0.4 is 5.56 Å². The van der Waals surface area contributed by atoms with Crippen molar-refractivity contribution in [2.45, 2.75) is 25.9 Å². The molecule has 0 aliphatic rings. The summed E-state index contributed by atoms with van der Waals surface area (Å²) in [5, 5.41) is 12.9. The number of aryl methyl sites for hydroxylation is 3. The lowest BCUT2D eigenvalue weighted by atomic mass is 10.0. The van der Waals surface area contributed by atoms with Crippen molar-refractivity contribution in [1.29, 1.82) is 0 Å². The highest BCUT2D eigenvalue weighted by Crippen LogP contribution is 2.20. The molecule has 0 saturated heterocycles. The Hall–Kier alpha value is -3.26. The lowest BCUT2D eigenvalue weighted by Crippen LogP contribution is -2.15. The second-order valence-corrected chi connectivity index (χ2v) is 7.84. The van der Waals surface area contributed by atoms with Crippen LogP contribution in [0.4, 0.5) is 0 Å². The first-order valence-electron chi connectivity index (χ1n) is 9.08. The number of hydrogen-bond donors (Lipinski definition) is 1. The van der Waals surface area contributed by atoms with Crippen LogP contribution in [-0.4, -0.2) is 36.3 Å². The van der Waals surface area contributed by atoms with Crippen LogP contribution in [0, 0.1) is 20.8 Å². The van der Waals surface area contributed by atoms with E-state index < -0.39 is 0 Å². The predicted molar refractivity (Wildman–Crippen MR) is 113 cm³/mol. The molecule has 4 rings (SSSR count). The largest absolute Gasteiger partial charge is 0.293 e. The molecule has 29 heavy (non-hydrogen) atoms. The first kappa shape index (κ1) is 19.1. The molecule has 2 aromatic heterocycles. The smallest absolute Gasteiger partial charge is 0.279 e. The molecule has 0 saturated carbocycles. The third-order valence-corrected chi connectivity index (χ3v) is 5.66. The summed E-state index contributed by atoms with van der Waals surface area (Å²) in [7, 11) is 0. The number of benzene rings is 2. The third kappa shape index (κ3) is 3.84. The number of nitrogens with zero attached hydrogens (tertiary/aromatic N) is 4. The number of thioether (sulfide) groups is 1. The minimum Gasteiger partial charge on any atom is -0.293 e. The number of carbonyl (C=O) groups is 1. The van der Waals surface area contributed by atoms with E-state index >= 15 is 0 Å². The third-order valence-electron chi connectivity index (χ3n) is 4.74. The van der Waals surface area contributed by atoms with E-state index in [1.165, 1.54) is 16.3 Å². The fraction of sp³-hybridized carbons (Fsp3) is 0.190. The highest BCUT2D eigenvalue weighted by Gasteiger charge is 2.15. The average Bonchev–Trinajstić information content (AvgIpc) is 3.10. The van der Waals surface area contributed by atoms with E-state index in [0.717, 1.165) is 16.7 Å². The number of H-pyrrole nitrogens is 1. The van der Waals surface area contributed by atoms with Gasteiger partial charge in [0, 0.05) is 11.1 Å². The standard InChI is InChI=1S/C21H19N5O2S/c1-12-4-7-15(8-5-12)18-19(28)22-20-23-24-21(26(20)25-18)29-11-17(27)16-9-6-13(2)14(3)10-16/h4-10H,11H2,1-3H3,(H,22,23,28). The molecule has 0 aliphatic carbocycles. The molecule has 0 fully saturated rings. The molecule has 4 aromatic rings. The van der Waals surface area contributed by atoms with Gasteiger partial charge in [0.15, 0.2) is 11.5 Å². The minimum atomic E-state index is -0.337. The average molecular weight is 405 g/mol. The van der Waals surface area contributed by atoms with Crippen molar-refractivity contribution >= 4 is 23.3 Å². The van der Waals surface area contributed by atoms with Crippen LogP contribution >= 0.6 is 11.8 Å². The summed E-state index contributed by atoms with van der Waals surface area (Å²) >= 11 is 1.24. The lowest BCUT2D eigenvalue weighted by Gasteiger charge is -2.05. The molecular formula is C21H19N5O2S. The SMILES string of the molecule is Cc1ccc(-c2nn3c(SCC(=O)c4ccc(C)c(C)c4)nnc3[nH]c2=O)cc1. The van der Waals surface area contributed by atoms with E-state index in [1.807, 2.05) is 63.2 Å². The van der Waals surface area contributed by atoms with Crippen LogP contribution in [-0.2, 0) is 0 Å². The highest BCUT2D eigenvalue weighted by atomic mass is 32.2. The molecule has 0 amide bonds. The summed E-state index contributed by atoms with van der Waals surface area (Å²) in [6, 6.07) is 13.2. The van der Waals surface area contributed by atoms with Crippen LogP contribution in [0.1, 0.15) is 27.0 Å². The summed E-state index contributed by atoms with van der Waals surface area (Å²) in [6.07, 6.45) is 0. The van der Waals surface area contributed by atoms with Crippen molar-refractivity contribution in [3.63, 3.8) is 0 Å². The summed E-state index contributed by atoms with van der Waals surface area (Å²) in [5.74, 6) is 0.439. The first-order valence-corrected chi connectivity index (χ1v) is 10.1. The van der Waals surface area contributed by atoms with Crippen LogP contribution in [0.25, 0.3) is 17.0 Å². The second kappa shape index (κ2) is 7.63. The number of rotatable bonds is 5. The van der Waals surface area contributed by atoms with Gasteiger partial charge in [-0.2, -0.15) is 9.61 Å². The number of ketones is 1. The van der Waals surface area contributed by atoms with Gasteiger partial charge >= 0.3 is 0 Å². The van der Waals surface area contributed by atoms with Crippen molar-refractivity contribution < 1.29 is 4.79 Å². The molecule has 1 N–H and O–H groups in total. The highest BCUT2D eigenvalue weighted by molar-refractivity contribution is 7.99. The zero-order valence-corrected chi connectivity index (χ0v) is 17.1. The summed E-state index contributed by atoms with van der Waals surface area (Å²) in [6.45, 7) is 5.97. The van der Waals surface area contributed by atoms with Gasteiger partial charge in [0.1, 0.15) is 0 Å². The van der Waals surface area contributed by atoms with Crippen LogP contribution in [0.15, 0.2) is 52.4 Å². The fourth-order valence-corrected chi connectivity index (χ4v) is 3.63.